The van der Waals surface area contributed by atoms with E-state index >= 15 is 0 Å². The summed E-state index contributed by atoms with van der Waals surface area (Å²) in [6, 6.07) is 4.15. The summed E-state index contributed by atoms with van der Waals surface area (Å²) in [5.74, 6) is -1.01. The number of hydrogen-bond acceptors (Lipinski definition) is 4. The number of carbonyl (C=O) groups is 1. The molecule has 116 valence electrons. The Morgan fingerprint density at radius 1 is 1.43 bits per heavy atom. The molecule has 0 spiro atoms. The Bertz CT molecular complexity index is 653. The fourth-order valence-electron chi connectivity index (χ4n) is 2.33. The van der Waals surface area contributed by atoms with Crippen LogP contribution in [0.25, 0.3) is 0 Å². The molecule has 21 heavy (non-hydrogen) atoms. The van der Waals surface area contributed by atoms with Gasteiger partial charge < -0.3 is 4.74 Å². The van der Waals surface area contributed by atoms with Gasteiger partial charge >= 0.3 is 5.97 Å². The molecule has 0 saturated heterocycles. The standard InChI is InChI=1S/C14H16BrFO4S/c1-20-13(17)7-14(4-5-14)9-21(18,19)8-10-2-3-12(16)11(15)6-10/h2-3,6H,4-5,7-9H2,1H3. The molecule has 0 heterocycles. The van der Waals surface area contributed by atoms with Crippen LogP contribution in [0.1, 0.15) is 24.8 Å². The Morgan fingerprint density at radius 2 is 2.10 bits per heavy atom. The average Bonchev–Trinajstić information content (AvgIpc) is 3.11. The summed E-state index contributed by atoms with van der Waals surface area (Å²) in [6.07, 6.45) is 1.57. The molecule has 1 aromatic rings. The Kier molecular flexibility index (Phi) is 4.72. The van der Waals surface area contributed by atoms with Crippen molar-refractivity contribution in [1.29, 1.82) is 0 Å². The molecule has 4 nitrogen and oxygen atoms in total. The number of methoxy groups -OCH3 is 1. The first-order valence-corrected chi connectivity index (χ1v) is 9.08. The van der Waals surface area contributed by atoms with Crippen LogP contribution in [-0.2, 0) is 25.1 Å². The van der Waals surface area contributed by atoms with Gasteiger partial charge in [0.15, 0.2) is 9.84 Å². The Balaban J connectivity index is 2.05. The Hall–Kier alpha value is -0.950. The molecule has 1 aliphatic carbocycles. The van der Waals surface area contributed by atoms with Crippen LogP contribution in [0.3, 0.4) is 0 Å². The smallest absolute Gasteiger partial charge is 0.306 e. The minimum Gasteiger partial charge on any atom is -0.469 e. The number of halogens is 2. The minimum absolute atomic E-state index is 0.0376. The van der Waals surface area contributed by atoms with E-state index in [9.17, 15) is 17.6 Å². The van der Waals surface area contributed by atoms with E-state index in [2.05, 4.69) is 20.7 Å². The van der Waals surface area contributed by atoms with Crippen LogP contribution in [0.5, 0.6) is 0 Å². The van der Waals surface area contributed by atoms with Gasteiger partial charge in [-0.1, -0.05) is 6.07 Å². The van der Waals surface area contributed by atoms with Gasteiger partial charge in [-0.15, -0.1) is 0 Å². The number of carbonyl (C=O) groups excluding carboxylic acids is 1. The van der Waals surface area contributed by atoms with E-state index in [0.717, 1.165) is 0 Å². The van der Waals surface area contributed by atoms with Crippen LogP contribution in [0.15, 0.2) is 22.7 Å². The molecule has 1 aromatic carbocycles. The summed E-state index contributed by atoms with van der Waals surface area (Å²) in [5.41, 5.74) is 0.0561. The van der Waals surface area contributed by atoms with Crippen molar-refractivity contribution in [3.8, 4) is 0 Å². The monoisotopic (exact) mass is 378 g/mol. The number of ether oxygens (including phenoxy) is 1. The summed E-state index contributed by atoms with van der Waals surface area (Å²) in [7, 11) is -2.07. The van der Waals surface area contributed by atoms with Crippen molar-refractivity contribution >= 4 is 31.7 Å². The van der Waals surface area contributed by atoms with Gasteiger partial charge in [-0.2, -0.15) is 0 Å². The zero-order valence-corrected chi connectivity index (χ0v) is 14.0. The van der Waals surface area contributed by atoms with Gasteiger partial charge in [0.1, 0.15) is 5.82 Å². The van der Waals surface area contributed by atoms with Crippen LogP contribution in [0.2, 0.25) is 0 Å². The summed E-state index contributed by atoms with van der Waals surface area (Å²) in [5, 5.41) is 0. The van der Waals surface area contributed by atoms with Crippen LogP contribution in [-0.4, -0.2) is 27.2 Å². The van der Waals surface area contributed by atoms with Crippen molar-refractivity contribution in [1.82, 2.24) is 0 Å². The lowest BCUT2D eigenvalue weighted by Gasteiger charge is -2.14. The third-order valence-corrected chi connectivity index (χ3v) is 6.03. The van der Waals surface area contributed by atoms with Crippen molar-refractivity contribution in [3.05, 3.63) is 34.1 Å². The topological polar surface area (TPSA) is 60.4 Å². The highest BCUT2D eigenvalue weighted by molar-refractivity contribution is 9.10. The molecule has 1 aliphatic rings. The molecule has 7 heteroatoms. The highest BCUT2D eigenvalue weighted by atomic mass is 79.9. The molecule has 0 aliphatic heterocycles. The van der Waals surface area contributed by atoms with Crippen LogP contribution >= 0.6 is 15.9 Å². The molecule has 0 N–H and O–H groups in total. The quantitative estimate of drug-likeness (QED) is 0.714. The third kappa shape index (κ3) is 4.51. The normalized spacial score (nSPS) is 16.5. The van der Waals surface area contributed by atoms with E-state index in [1.165, 1.54) is 25.3 Å². The Morgan fingerprint density at radius 3 is 2.62 bits per heavy atom. The molecule has 1 saturated carbocycles. The highest BCUT2D eigenvalue weighted by Crippen LogP contribution is 2.50. The maximum atomic E-state index is 13.1. The SMILES string of the molecule is COC(=O)CC1(CS(=O)(=O)Cc2ccc(F)c(Br)c2)CC1. The fourth-order valence-corrected chi connectivity index (χ4v) is 4.87. The lowest BCUT2D eigenvalue weighted by Crippen LogP contribution is -2.22. The number of esters is 1. The molecule has 0 atom stereocenters. The average molecular weight is 379 g/mol. The van der Waals surface area contributed by atoms with Crippen molar-refractivity contribution in [3.63, 3.8) is 0 Å². The fraction of sp³-hybridized carbons (Fsp3) is 0.500. The van der Waals surface area contributed by atoms with Gasteiger partial charge in [-0.3, -0.25) is 4.79 Å². The van der Waals surface area contributed by atoms with Gasteiger partial charge in [0.25, 0.3) is 0 Å². The van der Waals surface area contributed by atoms with E-state index in [-0.39, 0.29) is 28.4 Å². The van der Waals surface area contributed by atoms with Gasteiger partial charge in [0, 0.05) is 0 Å². The van der Waals surface area contributed by atoms with E-state index in [4.69, 9.17) is 0 Å². The molecule has 1 fully saturated rings. The minimum atomic E-state index is -3.36. The Labute approximate surface area is 131 Å². The molecular formula is C14H16BrFO4S. The van der Waals surface area contributed by atoms with Crippen molar-refractivity contribution in [2.24, 2.45) is 5.41 Å². The second-order valence-electron chi connectivity index (χ2n) is 5.53. The van der Waals surface area contributed by atoms with Crippen molar-refractivity contribution < 1.29 is 22.3 Å². The first kappa shape index (κ1) is 16.4. The molecule has 0 amide bonds. The van der Waals surface area contributed by atoms with Crippen molar-refractivity contribution in [2.75, 3.05) is 12.9 Å². The first-order chi connectivity index (χ1) is 9.75. The molecule has 0 aromatic heterocycles. The summed E-state index contributed by atoms with van der Waals surface area (Å²) < 4.78 is 42.5. The number of hydrogen-bond donors (Lipinski definition) is 0. The van der Waals surface area contributed by atoms with Crippen LogP contribution in [0.4, 0.5) is 4.39 Å². The summed E-state index contributed by atoms with van der Waals surface area (Å²) in [6.45, 7) is 0. The van der Waals surface area contributed by atoms with Crippen LogP contribution in [0, 0.1) is 11.2 Å². The lowest BCUT2D eigenvalue weighted by atomic mass is 10.1. The molecule has 2 rings (SSSR count). The zero-order valence-electron chi connectivity index (χ0n) is 11.6. The predicted octanol–water partition coefficient (Wildman–Crippen LogP) is 2.85. The van der Waals surface area contributed by atoms with E-state index < -0.39 is 21.1 Å². The second kappa shape index (κ2) is 6.04. The van der Waals surface area contributed by atoms with Gasteiger partial charge in [0.05, 0.1) is 29.5 Å². The summed E-state index contributed by atoms with van der Waals surface area (Å²) in [4.78, 5) is 11.3. The predicted molar refractivity (Wildman–Crippen MR) is 79.9 cm³/mol. The van der Waals surface area contributed by atoms with Gasteiger partial charge in [-0.25, -0.2) is 12.8 Å². The molecular weight excluding hydrogens is 363 g/mol. The number of rotatable bonds is 6. The number of benzene rings is 1. The highest BCUT2D eigenvalue weighted by Gasteiger charge is 2.47. The maximum absolute atomic E-state index is 13.1. The lowest BCUT2D eigenvalue weighted by molar-refractivity contribution is -0.141. The molecule has 0 bridgehead atoms. The van der Waals surface area contributed by atoms with Crippen molar-refractivity contribution in [2.45, 2.75) is 25.0 Å². The third-order valence-electron chi connectivity index (χ3n) is 3.60. The van der Waals surface area contributed by atoms with Gasteiger partial charge in [0.2, 0.25) is 0 Å². The van der Waals surface area contributed by atoms with Gasteiger partial charge in [-0.05, 0) is 51.9 Å². The zero-order chi connectivity index (χ0) is 15.7. The molecule has 0 radical (unpaired) electrons. The molecule has 0 unspecified atom stereocenters. The summed E-state index contributed by atoms with van der Waals surface area (Å²) >= 11 is 3.04. The first-order valence-electron chi connectivity index (χ1n) is 6.46. The van der Waals surface area contributed by atoms with E-state index in [1.54, 1.807) is 0 Å². The number of sulfone groups is 1. The largest absolute Gasteiger partial charge is 0.469 e. The van der Waals surface area contributed by atoms with Crippen LogP contribution < -0.4 is 0 Å². The van der Waals surface area contributed by atoms with E-state index in [0.29, 0.717) is 18.4 Å². The van der Waals surface area contributed by atoms with E-state index in [1.807, 2.05) is 0 Å². The maximum Gasteiger partial charge on any atom is 0.306 e. The second-order valence-corrected chi connectivity index (χ2v) is 8.45.